The average molecular weight is 420 g/mol. The number of non-ortho nitro benzene ring substituents is 1. The number of ether oxygens (including phenoxy) is 1. The van der Waals surface area contributed by atoms with E-state index >= 15 is 0 Å². The fourth-order valence-corrected chi connectivity index (χ4v) is 3.13. The number of nitrogens with one attached hydrogen (secondary N) is 1. The van der Waals surface area contributed by atoms with E-state index in [4.69, 9.17) is 9.15 Å². The summed E-state index contributed by atoms with van der Waals surface area (Å²) in [5.41, 5.74) is 0.140. The molecule has 2 heterocycles. The van der Waals surface area contributed by atoms with Crippen LogP contribution in [0.5, 0.6) is 5.75 Å². The molecule has 2 aromatic carbocycles. The molecule has 31 heavy (non-hydrogen) atoms. The number of hydrogen-bond acceptors (Lipinski definition) is 8. The number of amides is 1. The third-order valence-electron chi connectivity index (χ3n) is 4.68. The molecule has 0 saturated heterocycles. The lowest BCUT2D eigenvalue weighted by Crippen LogP contribution is -2.15. The Hall–Kier alpha value is -4.34. The van der Waals surface area contributed by atoms with Crippen molar-refractivity contribution in [3.05, 3.63) is 63.0 Å². The van der Waals surface area contributed by atoms with Crippen LogP contribution in [0.15, 0.2) is 51.7 Å². The minimum atomic E-state index is -0.728. The van der Waals surface area contributed by atoms with E-state index in [1.54, 1.807) is 25.1 Å². The van der Waals surface area contributed by atoms with Crippen LogP contribution >= 0.6 is 0 Å². The second-order valence-electron chi connectivity index (χ2n) is 6.55. The molecule has 0 aliphatic carbocycles. The number of fused-ring (bicyclic) bond motifs is 3. The van der Waals surface area contributed by atoms with E-state index in [1.807, 2.05) is 0 Å². The Balaban J connectivity index is 2.05. The normalized spacial score (nSPS) is 10.9. The van der Waals surface area contributed by atoms with Gasteiger partial charge >= 0.3 is 5.63 Å². The Labute approximate surface area is 174 Å². The van der Waals surface area contributed by atoms with Crippen molar-refractivity contribution in [1.29, 1.82) is 0 Å². The van der Waals surface area contributed by atoms with E-state index < -0.39 is 10.5 Å². The number of methoxy groups -OCH3 is 1. The molecule has 0 atom stereocenters. The largest absolute Gasteiger partial charge is 0.493 e. The van der Waals surface area contributed by atoms with Crippen molar-refractivity contribution in [1.82, 2.24) is 9.97 Å². The van der Waals surface area contributed by atoms with Crippen LogP contribution in [0, 0.1) is 10.1 Å². The van der Waals surface area contributed by atoms with E-state index in [0.29, 0.717) is 16.7 Å². The molecule has 0 aliphatic heterocycles. The van der Waals surface area contributed by atoms with Crippen molar-refractivity contribution in [2.24, 2.45) is 0 Å². The summed E-state index contributed by atoms with van der Waals surface area (Å²) < 4.78 is 10.7. The number of carbonyl (C=O) groups excluding carboxylic acids is 1. The summed E-state index contributed by atoms with van der Waals surface area (Å²) in [6, 6.07) is 10.7. The van der Waals surface area contributed by atoms with Crippen molar-refractivity contribution >= 4 is 39.3 Å². The molecule has 4 aromatic rings. The summed E-state index contributed by atoms with van der Waals surface area (Å²) in [6.45, 7) is 1.67. The van der Waals surface area contributed by atoms with Gasteiger partial charge in [0, 0.05) is 29.5 Å². The van der Waals surface area contributed by atoms with Crippen molar-refractivity contribution in [3.8, 4) is 17.1 Å². The third-order valence-corrected chi connectivity index (χ3v) is 4.68. The third kappa shape index (κ3) is 3.54. The molecule has 0 unspecified atom stereocenters. The molecule has 0 saturated carbocycles. The number of nitro benzene ring substituents is 1. The molecule has 0 radical (unpaired) electrons. The predicted octanol–water partition coefficient (Wildman–Crippen LogP) is 3.67. The van der Waals surface area contributed by atoms with Gasteiger partial charge in [0.05, 0.1) is 17.5 Å². The molecule has 10 nitrogen and oxygen atoms in total. The summed E-state index contributed by atoms with van der Waals surface area (Å²) in [5, 5.41) is 14.1. The maximum absolute atomic E-state index is 12.8. The zero-order chi connectivity index (χ0) is 22.1. The monoisotopic (exact) mass is 420 g/mol. The van der Waals surface area contributed by atoms with Crippen LogP contribution in [0.4, 0.5) is 11.5 Å². The number of aromatic nitrogens is 2. The van der Waals surface area contributed by atoms with Gasteiger partial charge in [-0.2, -0.15) is 0 Å². The van der Waals surface area contributed by atoms with Gasteiger partial charge in [-0.25, -0.2) is 14.8 Å². The van der Waals surface area contributed by atoms with Crippen LogP contribution in [-0.2, 0) is 4.79 Å². The van der Waals surface area contributed by atoms with Gasteiger partial charge in [-0.05, 0) is 24.3 Å². The number of nitro groups is 1. The first-order chi connectivity index (χ1) is 14.9. The van der Waals surface area contributed by atoms with E-state index in [9.17, 15) is 19.7 Å². The number of rotatable bonds is 5. The first kappa shape index (κ1) is 20.0. The first-order valence-electron chi connectivity index (χ1n) is 9.29. The lowest BCUT2D eigenvalue weighted by molar-refractivity contribution is -0.384. The maximum Gasteiger partial charge on any atom is 0.349 e. The van der Waals surface area contributed by atoms with Gasteiger partial charge in [0.15, 0.2) is 23.0 Å². The van der Waals surface area contributed by atoms with Crippen molar-refractivity contribution in [2.45, 2.75) is 13.3 Å². The Morgan fingerprint density at radius 1 is 1.19 bits per heavy atom. The lowest BCUT2D eigenvalue weighted by atomic mass is 10.1. The Kier molecular flexibility index (Phi) is 5.04. The van der Waals surface area contributed by atoms with Gasteiger partial charge < -0.3 is 14.5 Å². The van der Waals surface area contributed by atoms with Crippen LogP contribution in [0.2, 0.25) is 0 Å². The quantitative estimate of drug-likeness (QED) is 0.223. The number of benzene rings is 2. The number of hydrogen-bond donors (Lipinski definition) is 1. The number of carbonyl (C=O) groups is 1. The second kappa shape index (κ2) is 7.82. The smallest absolute Gasteiger partial charge is 0.349 e. The van der Waals surface area contributed by atoms with E-state index in [-0.39, 0.29) is 46.1 Å². The first-order valence-corrected chi connectivity index (χ1v) is 9.29. The van der Waals surface area contributed by atoms with E-state index in [0.717, 1.165) is 0 Å². The number of nitrogens with zero attached hydrogens (tertiary/aromatic N) is 3. The fourth-order valence-electron chi connectivity index (χ4n) is 3.13. The SMILES string of the molecule is CCC(=O)Nc1nc(-c2ccc([N+](=O)[O-])cc2)nc2c1c(=O)oc1c(OC)cccc12. The molecule has 156 valence electrons. The van der Waals surface area contributed by atoms with Crippen LogP contribution in [0.25, 0.3) is 33.3 Å². The molecular formula is C21H16N4O6. The molecule has 0 bridgehead atoms. The van der Waals surface area contributed by atoms with Gasteiger partial charge in [-0.15, -0.1) is 0 Å². The average Bonchev–Trinajstić information content (AvgIpc) is 2.78. The molecule has 1 N–H and O–H groups in total. The number of anilines is 1. The van der Waals surface area contributed by atoms with E-state index in [2.05, 4.69) is 15.3 Å². The highest BCUT2D eigenvalue weighted by Crippen LogP contribution is 2.32. The molecule has 2 aromatic heterocycles. The van der Waals surface area contributed by atoms with Crippen molar-refractivity contribution in [3.63, 3.8) is 0 Å². The van der Waals surface area contributed by atoms with Crippen molar-refractivity contribution in [2.75, 3.05) is 12.4 Å². The topological polar surface area (TPSA) is 137 Å². The van der Waals surface area contributed by atoms with E-state index in [1.165, 1.54) is 31.4 Å². The molecule has 0 aliphatic rings. The highest BCUT2D eigenvalue weighted by molar-refractivity contribution is 6.09. The van der Waals surface area contributed by atoms with Crippen molar-refractivity contribution < 1.29 is 18.9 Å². The summed E-state index contributed by atoms with van der Waals surface area (Å²) in [5.74, 6) is 0.193. The molecule has 10 heteroatoms. The van der Waals surface area contributed by atoms with Gasteiger partial charge in [-0.1, -0.05) is 13.0 Å². The van der Waals surface area contributed by atoms with Gasteiger partial charge in [-0.3, -0.25) is 14.9 Å². The van der Waals surface area contributed by atoms with Gasteiger partial charge in [0.1, 0.15) is 5.39 Å². The second-order valence-corrected chi connectivity index (χ2v) is 6.55. The van der Waals surface area contributed by atoms with Crippen LogP contribution < -0.4 is 15.7 Å². The number of para-hydroxylation sites is 1. The minimum absolute atomic E-state index is 0.00340. The summed E-state index contributed by atoms with van der Waals surface area (Å²) in [4.78, 5) is 44.2. The van der Waals surface area contributed by atoms with Gasteiger partial charge in [0.25, 0.3) is 5.69 Å². The Morgan fingerprint density at radius 2 is 1.94 bits per heavy atom. The fraction of sp³-hybridized carbons (Fsp3) is 0.143. The molecule has 1 amide bonds. The van der Waals surface area contributed by atoms with Crippen LogP contribution in [0.3, 0.4) is 0 Å². The summed E-state index contributed by atoms with van der Waals surface area (Å²) >= 11 is 0. The lowest BCUT2D eigenvalue weighted by Gasteiger charge is -2.11. The summed E-state index contributed by atoms with van der Waals surface area (Å²) in [7, 11) is 1.45. The summed E-state index contributed by atoms with van der Waals surface area (Å²) in [6.07, 6.45) is 0.172. The predicted molar refractivity (Wildman–Crippen MR) is 113 cm³/mol. The molecule has 0 fully saturated rings. The Bertz CT molecular complexity index is 1400. The molecule has 4 rings (SSSR count). The maximum atomic E-state index is 12.8. The highest BCUT2D eigenvalue weighted by atomic mass is 16.6. The molecule has 0 spiro atoms. The Morgan fingerprint density at radius 3 is 2.58 bits per heavy atom. The standard InChI is InChI=1S/C21H16N4O6/c1-3-15(26)22-20-16-17(13-5-4-6-14(30-2)18(13)31-21(16)27)23-19(24-20)11-7-9-12(10-8-11)25(28)29/h4-10H,3H2,1-2H3,(H,22,23,24,26). The zero-order valence-electron chi connectivity index (χ0n) is 16.5. The molecular weight excluding hydrogens is 404 g/mol. The minimum Gasteiger partial charge on any atom is -0.493 e. The van der Waals surface area contributed by atoms with Crippen LogP contribution in [0.1, 0.15) is 13.3 Å². The zero-order valence-corrected chi connectivity index (χ0v) is 16.5. The van der Waals surface area contributed by atoms with Crippen LogP contribution in [-0.4, -0.2) is 27.9 Å². The highest BCUT2D eigenvalue weighted by Gasteiger charge is 2.20. The van der Waals surface area contributed by atoms with Gasteiger partial charge in [0.2, 0.25) is 5.91 Å².